The van der Waals surface area contributed by atoms with Crippen LogP contribution < -0.4 is 5.32 Å². The molecule has 1 fully saturated rings. The van der Waals surface area contributed by atoms with Gasteiger partial charge in [-0.25, -0.2) is 4.39 Å². The number of nitrogens with zero attached hydrogens (tertiary/aromatic N) is 1. The van der Waals surface area contributed by atoms with Gasteiger partial charge in [0.2, 0.25) is 0 Å². The van der Waals surface area contributed by atoms with Gasteiger partial charge in [0, 0.05) is 44.4 Å². The summed E-state index contributed by atoms with van der Waals surface area (Å²) >= 11 is 3.13. The third kappa shape index (κ3) is 2.93. The van der Waals surface area contributed by atoms with Crippen molar-refractivity contribution in [2.45, 2.75) is 6.42 Å². The monoisotopic (exact) mass is 318 g/mol. The van der Waals surface area contributed by atoms with Crippen LogP contribution in [0.5, 0.6) is 11.5 Å². The van der Waals surface area contributed by atoms with Crippen molar-refractivity contribution in [1.29, 1.82) is 0 Å². The number of aromatic hydroxyl groups is 2. The number of halogens is 2. The van der Waals surface area contributed by atoms with Crippen LogP contribution in [0, 0.1) is 5.82 Å². The molecule has 100 valence electrons. The Morgan fingerprint density at radius 1 is 1.33 bits per heavy atom. The van der Waals surface area contributed by atoms with Crippen molar-refractivity contribution in [2.24, 2.45) is 0 Å². The number of phenolic OH excluding ortho intramolecular Hbond substituents is 2. The average molecular weight is 319 g/mol. The van der Waals surface area contributed by atoms with Crippen LogP contribution in [0.3, 0.4) is 0 Å². The fraction of sp³-hybridized carbons (Fsp3) is 0.500. The Labute approximate surface area is 114 Å². The van der Waals surface area contributed by atoms with Crippen LogP contribution in [0.2, 0.25) is 0 Å². The van der Waals surface area contributed by atoms with Crippen LogP contribution in [0.4, 0.5) is 4.39 Å². The molecular weight excluding hydrogens is 303 g/mol. The average Bonchev–Trinajstić information content (AvgIpc) is 2.37. The molecule has 1 saturated heterocycles. The Kier molecular flexibility index (Phi) is 4.42. The van der Waals surface area contributed by atoms with Crippen molar-refractivity contribution in [3.63, 3.8) is 0 Å². The number of phenols is 2. The maximum absolute atomic E-state index is 13.7. The van der Waals surface area contributed by atoms with Gasteiger partial charge >= 0.3 is 0 Å². The van der Waals surface area contributed by atoms with Gasteiger partial charge < -0.3 is 20.4 Å². The van der Waals surface area contributed by atoms with Gasteiger partial charge in [0.1, 0.15) is 5.82 Å². The quantitative estimate of drug-likeness (QED) is 0.738. The van der Waals surface area contributed by atoms with Crippen LogP contribution >= 0.6 is 15.9 Å². The fourth-order valence-electron chi connectivity index (χ4n) is 2.07. The van der Waals surface area contributed by atoms with Crippen molar-refractivity contribution in [1.82, 2.24) is 10.2 Å². The Balaban J connectivity index is 2.06. The van der Waals surface area contributed by atoms with Gasteiger partial charge in [0.05, 0.1) is 4.47 Å². The number of nitrogens with one attached hydrogen (secondary N) is 1. The number of hydrogen-bond acceptors (Lipinski definition) is 4. The molecule has 4 nitrogen and oxygen atoms in total. The zero-order valence-electron chi connectivity index (χ0n) is 9.92. The number of piperazine rings is 1. The summed E-state index contributed by atoms with van der Waals surface area (Å²) < 4.78 is 14.0. The molecule has 1 aliphatic heterocycles. The molecule has 0 unspecified atom stereocenters. The second-order valence-electron chi connectivity index (χ2n) is 4.36. The molecule has 6 heteroatoms. The minimum absolute atomic E-state index is 0.245. The highest BCUT2D eigenvalue weighted by atomic mass is 79.9. The van der Waals surface area contributed by atoms with E-state index < -0.39 is 11.6 Å². The second-order valence-corrected chi connectivity index (χ2v) is 5.15. The van der Waals surface area contributed by atoms with Gasteiger partial charge in [-0.1, -0.05) is 0 Å². The smallest absolute Gasteiger partial charge is 0.172 e. The van der Waals surface area contributed by atoms with E-state index in [1.807, 2.05) is 0 Å². The molecule has 3 N–H and O–H groups in total. The van der Waals surface area contributed by atoms with E-state index in [4.69, 9.17) is 0 Å². The number of hydrogen-bond donors (Lipinski definition) is 3. The van der Waals surface area contributed by atoms with E-state index in [0.717, 1.165) is 38.8 Å². The second kappa shape index (κ2) is 5.86. The van der Waals surface area contributed by atoms with E-state index in [1.165, 1.54) is 0 Å². The Morgan fingerprint density at radius 3 is 2.67 bits per heavy atom. The topological polar surface area (TPSA) is 55.7 Å². The molecule has 18 heavy (non-hydrogen) atoms. The van der Waals surface area contributed by atoms with E-state index in [9.17, 15) is 14.6 Å². The van der Waals surface area contributed by atoms with E-state index in [1.54, 1.807) is 0 Å². The summed E-state index contributed by atoms with van der Waals surface area (Å²) in [7, 11) is 0. The molecule has 0 aliphatic carbocycles. The lowest BCUT2D eigenvalue weighted by molar-refractivity contribution is 0.243. The maximum atomic E-state index is 13.7. The van der Waals surface area contributed by atoms with Crippen molar-refractivity contribution in [2.75, 3.05) is 32.7 Å². The molecule has 1 aromatic rings. The molecular formula is C12H16BrFN2O2. The molecule has 0 atom stereocenters. The van der Waals surface area contributed by atoms with Crippen molar-refractivity contribution in [3.8, 4) is 11.5 Å². The molecule has 1 heterocycles. The first-order chi connectivity index (χ1) is 8.59. The van der Waals surface area contributed by atoms with E-state index in [0.29, 0.717) is 12.0 Å². The number of rotatable bonds is 3. The highest BCUT2D eigenvalue weighted by Gasteiger charge is 2.17. The first-order valence-electron chi connectivity index (χ1n) is 5.91. The molecule has 2 rings (SSSR count). The van der Waals surface area contributed by atoms with Crippen LogP contribution in [0.15, 0.2) is 10.5 Å². The normalized spacial score (nSPS) is 17.0. The van der Waals surface area contributed by atoms with Gasteiger partial charge in [0.15, 0.2) is 11.5 Å². The summed E-state index contributed by atoms with van der Waals surface area (Å²) in [5.74, 6) is -1.23. The van der Waals surface area contributed by atoms with Gasteiger partial charge in [0.25, 0.3) is 0 Å². The highest BCUT2D eigenvalue weighted by Crippen LogP contribution is 2.37. The zero-order chi connectivity index (χ0) is 13.1. The van der Waals surface area contributed by atoms with Crippen LogP contribution in [-0.4, -0.2) is 47.8 Å². The molecule has 1 aliphatic rings. The summed E-state index contributed by atoms with van der Waals surface area (Å²) in [4.78, 5) is 2.24. The molecule has 0 radical (unpaired) electrons. The van der Waals surface area contributed by atoms with E-state index in [2.05, 4.69) is 26.1 Å². The Hall–Kier alpha value is -0.850. The molecule has 0 spiro atoms. The third-order valence-electron chi connectivity index (χ3n) is 3.15. The van der Waals surface area contributed by atoms with Crippen LogP contribution in [0.1, 0.15) is 5.56 Å². The summed E-state index contributed by atoms with van der Waals surface area (Å²) in [6, 6.07) is 0.952. The first-order valence-corrected chi connectivity index (χ1v) is 6.70. The van der Waals surface area contributed by atoms with Crippen molar-refractivity contribution < 1.29 is 14.6 Å². The lowest BCUT2D eigenvalue weighted by atomic mass is 10.1. The van der Waals surface area contributed by atoms with Gasteiger partial charge in [-0.15, -0.1) is 0 Å². The van der Waals surface area contributed by atoms with Crippen LogP contribution in [0.25, 0.3) is 0 Å². The van der Waals surface area contributed by atoms with E-state index >= 15 is 0 Å². The Bertz CT molecular complexity index is 437. The van der Waals surface area contributed by atoms with Gasteiger partial charge in [-0.05, 0) is 22.4 Å². The highest BCUT2D eigenvalue weighted by molar-refractivity contribution is 9.10. The predicted octanol–water partition coefficient (Wildman–Crippen LogP) is 1.45. The Morgan fingerprint density at radius 2 is 2.00 bits per heavy atom. The molecule has 0 aromatic heterocycles. The van der Waals surface area contributed by atoms with Gasteiger partial charge in [-0.2, -0.15) is 0 Å². The van der Waals surface area contributed by atoms with Crippen molar-refractivity contribution in [3.05, 3.63) is 21.9 Å². The summed E-state index contributed by atoms with van der Waals surface area (Å²) in [5, 5.41) is 22.1. The summed E-state index contributed by atoms with van der Waals surface area (Å²) in [6.45, 7) is 4.53. The maximum Gasteiger partial charge on any atom is 0.172 e. The van der Waals surface area contributed by atoms with E-state index in [-0.39, 0.29) is 10.2 Å². The SMILES string of the molecule is Oc1cc(F)c(CCN2CCNCC2)c(Br)c1O. The molecule has 0 amide bonds. The largest absolute Gasteiger partial charge is 0.504 e. The summed E-state index contributed by atoms with van der Waals surface area (Å²) in [5.41, 5.74) is 0.406. The minimum Gasteiger partial charge on any atom is -0.504 e. The first kappa shape index (κ1) is 13.6. The predicted molar refractivity (Wildman–Crippen MR) is 70.4 cm³/mol. The molecule has 1 aromatic carbocycles. The fourth-order valence-corrected chi connectivity index (χ4v) is 2.66. The van der Waals surface area contributed by atoms with Gasteiger partial charge in [-0.3, -0.25) is 0 Å². The number of benzene rings is 1. The van der Waals surface area contributed by atoms with Crippen LogP contribution in [-0.2, 0) is 6.42 Å². The minimum atomic E-state index is -0.493. The summed E-state index contributed by atoms with van der Waals surface area (Å²) in [6.07, 6.45) is 0.500. The third-order valence-corrected chi connectivity index (χ3v) is 4.01. The lowest BCUT2D eigenvalue weighted by Gasteiger charge is -2.27. The molecule has 0 bridgehead atoms. The van der Waals surface area contributed by atoms with Crippen molar-refractivity contribution >= 4 is 15.9 Å². The lowest BCUT2D eigenvalue weighted by Crippen LogP contribution is -2.44. The standard InChI is InChI=1S/C12H16BrFN2O2/c13-11-8(9(14)7-10(17)12(11)18)1-4-16-5-2-15-3-6-16/h7,15,17-18H,1-6H2. The molecule has 0 saturated carbocycles. The zero-order valence-corrected chi connectivity index (χ0v) is 11.5.